The van der Waals surface area contributed by atoms with E-state index in [1.165, 1.54) is 0 Å². The minimum atomic E-state index is -3.51. The van der Waals surface area contributed by atoms with Crippen LogP contribution in [0.4, 0.5) is 0 Å². The number of methoxy groups -OCH3 is 1. The van der Waals surface area contributed by atoms with Gasteiger partial charge >= 0.3 is 0 Å². The molecule has 4 nitrogen and oxygen atoms in total. The SMILES string of the molecule is CO[C@@]1(CNS(=O)(=O)c2cc(C)c(C)cc2C)CCSC1. The lowest BCUT2D eigenvalue weighted by molar-refractivity contribution is 0.0179. The van der Waals surface area contributed by atoms with E-state index in [0.29, 0.717) is 11.4 Å². The normalized spacial score (nSPS) is 22.7. The van der Waals surface area contributed by atoms with Gasteiger partial charge < -0.3 is 4.74 Å². The highest BCUT2D eigenvalue weighted by Gasteiger charge is 2.35. The lowest BCUT2D eigenvalue weighted by Gasteiger charge is -2.27. The average molecular weight is 329 g/mol. The zero-order valence-electron chi connectivity index (χ0n) is 13.0. The van der Waals surface area contributed by atoms with Crippen LogP contribution in [0.1, 0.15) is 23.1 Å². The lowest BCUT2D eigenvalue weighted by atomic mass is 10.0. The number of thioether (sulfide) groups is 1. The van der Waals surface area contributed by atoms with Crippen LogP contribution in [0.25, 0.3) is 0 Å². The Labute approximate surface area is 131 Å². The van der Waals surface area contributed by atoms with E-state index >= 15 is 0 Å². The first-order valence-electron chi connectivity index (χ1n) is 7.00. The van der Waals surface area contributed by atoms with Gasteiger partial charge in [-0.3, -0.25) is 0 Å². The summed E-state index contributed by atoms with van der Waals surface area (Å²) < 4.78 is 33.4. The summed E-state index contributed by atoms with van der Waals surface area (Å²) in [7, 11) is -1.85. The summed E-state index contributed by atoms with van der Waals surface area (Å²) >= 11 is 1.80. The Balaban J connectivity index is 2.21. The van der Waals surface area contributed by atoms with E-state index in [1.54, 1.807) is 24.9 Å². The number of benzene rings is 1. The van der Waals surface area contributed by atoms with Crippen LogP contribution in [-0.2, 0) is 14.8 Å². The molecule has 0 radical (unpaired) electrons. The number of rotatable bonds is 5. The summed E-state index contributed by atoms with van der Waals surface area (Å²) in [6, 6.07) is 3.66. The Morgan fingerprint density at radius 3 is 2.48 bits per heavy atom. The smallest absolute Gasteiger partial charge is 0.240 e. The van der Waals surface area contributed by atoms with Gasteiger partial charge in [0, 0.05) is 19.4 Å². The first-order valence-corrected chi connectivity index (χ1v) is 9.64. The van der Waals surface area contributed by atoms with Crippen LogP contribution in [-0.4, -0.2) is 39.2 Å². The van der Waals surface area contributed by atoms with Crippen LogP contribution in [0.3, 0.4) is 0 Å². The fraction of sp³-hybridized carbons (Fsp3) is 0.600. The molecule has 1 N–H and O–H groups in total. The summed E-state index contributed by atoms with van der Waals surface area (Å²) in [5.74, 6) is 1.84. The molecule has 0 unspecified atom stereocenters. The molecule has 1 aromatic rings. The molecule has 0 spiro atoms. The summed E-state index contributed by atoms with van der Waals surface area (Å²) in [4.78, 5) is 0.363. The molecule has 0 aromatic heterocycles. The zero-order valence-corrected chi connectivity index (χ0v) is 14.7. The quantitative estimate of drug-likeness (QED) is 0.901. The van der Waals surface area contributed by atoms with Gasteiger partial charge in [-0.1, -0.05) is 6.07 Å². The molecule has 21 heavy (non-hydrogen) atoms. The predicted octanol–water partition coefficient (Wildman–Crippen LogP) is 2.41. The molecule has 0 bridgehead atoms. The second-order valence-electron chi connectivity index (χ2n) is 5.72. The van der Waals surface area contributed by atoms with Crippen LogP contribution < -0.4 is 4.72 Å². The van der Waals surface area contributed by atoms with E-state index < -0.39 is 10.0 Å². The number of hydrogen-bond donors (Lipinski definition) is 1. The molecule has 1 heterocycles. The van der Waals surface area contributed by atoms with Gasteiger partial charge in [0.15, 0.2) is 0 Å². The molecule has 1 aromatic carbocycles. The lowest BCUT2D eigenvalue weighted by Crippen LogP contribution is -2.44. The highest BCUT2D eigenvalue weighted by atomic mass is 32.2. The zero-order chi connectivity index (χ0) is 15.7. The molecule has 1 aliphatic heterocycles. The highest BCUT2D eigenvalue weighted by Crippen LogP contribution is 2.30. The van der Waals surface area contributed by atoms with Crippen molar-refractivity contribution in [2.24, 2.45) is 0 Å². The third kappa shape index (κ3) is 3.62. The molecule has 0 amide bonds. The van der Waals surface area contributed by atoms with Crippen LogP contribution >= 0.6 is 11.8 Å². The topological polar surface area (TPSA) is 55.4 Å². The molecule has 1 atom stereocenters. The fourth-order valence-corrected chi connectivity index (χ4v) is 5.31. The van der Waals surface area contributed by atoms with Crippen molar-refractivity contribution in [3.8, 4) is 0 Å². The number of ether oxygens (including phenoxy) is 1. The van der Waals surface area contributed by atoms with Gasteiger partial charge in [-0.05, 0) is 55.7 Å². The largest absolute Gasteiger partial charge is 0.376 e. The maximum Gasteiger partial charge on any atom is 0.240 e. The van der Waals surface area contributed by atoms with Crippen molar-refractivity contribution in [3.05, 3.63) is 28.8 Å². The van der Waals surface area contributed by atoms with Gasteiger partial charge in [0.2, 0.25) is 10.0 Å². The highest BCUT2D eigenvalue weighted by molar-refractivity contribution is 7.99. The first kappa shape index (κ1) is 16.8. The fourth-order valence-electron chi connectivity index (χ4n) is 2.49. The van der Waals surface area contributed by atoms with Crippen LogP contribution in [0.5, 0.6) is 0 Å². The van der Waals surface area contributed by atoms with Crippen LogP contribution in [0.15, 0.2) is 17.0 Å². The number of aryl methyl sites for hydroxylation is 3. The van der Waals surface area contributed by atoms with Crippen molar-refractivity contribution in [2.45, 2.75) is 37.7 Å². The van der Waals surface area contributed by atoms with E-state index in [0.717, 1.165) is 34.6 Å². The van der Waals surface area contributed by atoms with Gasteiger partial charge in [0.05, 0.1) is 10.5 Å². The Kier molecular flexibility index (Phi) is 5.03. The number of sulfonamides is 1. The summed E-state index contributed by atoms with van der Waals surface area (Å²) in [5.41, 5.74) is 2.49. The predicted molar refractivity (Wildman–Crippen MR) is 87.5 cm³/mol. The van der Waals surface area contributed by atoms with Crippen molar-refractivity contribution in [2.75, 3.05) is 25.2 Å². The first-order chi connectivity index (χ1) is 9.80. The standard InChI is InChI=1S/C15H23NO3S2/c1-11-7-13(3)14(8-12(11)2)21(17,18)16-9-15(19-4)5-6-20-10-15/h7-8,16H,5-6,9-10H2,1-4H3/t15-/m1/s1. The number of nitrogens with one attached hydrogen (secondary N) is 1. The van der Waals surface area contributed by atoms with E-state index in [9.17, 15) is 8.42 Å². The van der Waals surface area contributed by atoms with Crippen LogP contribution in [0.2, 0.25) is 0 Å². The van der Waals surface area contributed by atoms with Crippen molar-refractivity contribution in [1.82, 2.24) is 4.72 Å². The van der Waals surface area contributed by atoms with E-state index in [1.807, 2.05) is 26.8 Å². The third-order valence-corrected chi connectivity index (χ3v) is 6.93. The maximum atomic E-state index is 12.6. The summed E-state index contributed by atoms with van der Waals surface area (Å²) in [6.45, 7) is 6.07. The Bertz CT molecular complexity index is 620. The molecular weight excluding hydrogens is 306 g/mol. The van der Waals surface area contributed by atoms with Gasteiger partial charge in [0.1, 0.15) is 0 Å². The number of hydrogen-bond acceptors (Lipinski definition) is 4. The molecule has 1 aliphatic rings. The second-order valence-corrected chi connectivity index (χ2v) is 8.56. The maximum absolute atomic E-state index is 12.6. The summed E-state index contributed by atoms with van der Waals surface area (Å²) in [6.07, 6.45) is 0.878. The Hall–Kier alpha value is -0.560. The second kappa shape index (κ2) is 6.28. The van der Waals surface area contributed by atoms with Gasteiger partial charge in [-0.25, -0.2) is 13.1 Å². The van der Waals surface area contributed by atoms with E-state index in [4.69, 9.17) is 4.74 Å². The van der Waals surface area contributed by atoms with E-state index in [-0.39, 0.29) is 5.60 Å². The van der Waals surface area contributed by atoms with Crippen molar-refractivity contribution in [3.63, 3.8) is 0 Å². The van der Waals surface area contributed by atoms with Crippen molar-refractivity contribution >= 4 is 21.8 Å². The monoisotopic (exact) mass is 329 g/mol. The van der Waals surface area contributed by atoms with Gasteiger partial charge in [-0.2, -0.15) is 11.8 Å². The minimum absolute atomic E-state index is 0.325. The molecule has 6 heteroatoms. The van der Waals surface area contributed by atoms with Gasteiger partial charge in [0.25, 0.3) is 0 Å². The molecule has 1 saturated heterocycles. The van der Waals surface area contributed by atoms with Gasteiger partial charge in [-0.15, -0.1) is 0 Å². The van der Waals surface area contributed by atoms with Crippen molar-refractivity contribution in [1.29, 1.82) is 0 Å². The minimum Gasteiger partial charge on any atom is -0.376 e. The molecule has 118 valence electrons. The third-order valence-electron chi connectivity index (χ3n) is 4.17. The molecule has 0 saturated carbocycles. The Morgan fingerprint density at radius 2 is 1.90 bits per heavy atom. The Morgan fingerprint density at radius 1 is 1.24 bits per heavy atom. The molecular formula is C15H23NO3S2. The molecule has 2 rings (SSSR count). The van der Waals surface area contributed by atoms with E-state index in [2.05, 4.69) is 4.72 Å². The molecule has 1 fully saturated rings. The summed E-state index contributed by atoms with van der Waals surface area (Å²) in [5, 5.41) is 0. The van der Waals surface area contributed by atoms with Crippen LogP contribution in [0, 0.1) is 20.8 Å². The van der Waals surface area contributed by atoms with Crippen molar-refractivity contribution < 1.29 is 13.2 Å². The average Bonchev–Trinajstić information content (AvgIpc) is 2.90. The molecule has 0 aliphatic carbocycles.